The van der Waals surface area contributed by atoms with Gasteiger partial charge in [0.25, 0.3) is 0 Å². The van der Waals surface area contributed by atoms with Crippen LogP contribution in [-0.4, -0.2) is 0 Å². The van der Waals surface area contributed by atoms with Crippen LogP contribution >= 0.6 is 0 Å². The second-order valence-corrected chi connectivity index (χ2v) is 7.48. The Morgan fingerprint density at radius 2 is 1.00 bits per heavy atom. The SMILES string of the molecule is C.CC.CC.CC(C)c1ccc2ccccc2c1.CC(C)c1cccc2ccccc12. The number of benzene rings is 4. The zero-order valence-electron chi connectivity index (χ0n) is 20.2. The van der Waals surface area contributed by atoms with E-state index in [4.69, 9.17) is 0 Å². The molecule has 4 aromatic carbocycles. The first kappa shape index (κ1) is 28.4. The Morgan fingerprint density at radius 3 is 1.58 bits per heavy atom. The Labute approximate surface area is 192 Å². The van der Waals surface area contributed by atoms with Crippen LogP contribution in [0.3, 0.4) is 0 Å². The highest BCUT2D eigenvalue weighted by Crippen LogP contribution is 2.24. The van der Waals surface area contributed by atoms with Gasteiger partial charge in [0, 0.05) is 0 Å². The van der Waals surface area contributed by atoms with Crippen LogP contribution in [0.2, 0.25) is 0 Å². The molecule has 31 heavy (non-hydrogen) atoms. The van der Waals surface area contributed by atoms with Gasteiger partial charge in [-0.1, -0.05) is 148 Å². The summed E-state index contributed by atoms with van der Waals surface area (Å²) in [5, 5.41) is 5.40. The lowest BCUT2D eigenvalue weighted by molar-refractivity contribution is 0.869. The Kier molecular flexibility index (Phi) is 14.0. The zero-order chi connectivity index (χ0) is 22.5. The molecule has 0 atom stereocenters. The lowest BCUT2D eigenvalue weighted by Crippen LogP contribution is -1.88. The molecule has 0 nitrogen and oxygen atoms in total. The van der Waals surface area contributed by atoms with Gasteiger partial charge in [-0.05, 0) is 44.5 Å². The summed E-state index contributed by atoms with van der Waals surface area (Å²) in [4.78, 5) is 0. The summed E-state index contributed by atoms with van der Waals surface area (Å²) < 4.78 is 0. The maximum Gasteiger partial charge on any atom is -0.0149 e. The Bertz CT molecular complexity index is 981. The molecule has 0 radical (unpaired) electrons. The van der Waals surface area contributed by atoms with Gasteiger partial charge in [-0.2, -0.15) is 0 Å². The van der Waals surface area contributed by atoms with Crippen molar-refractivity contribution < 1.29 is 0 Å². The van der Waals surface area contributed by atoms with Gasteiger partial charge in [0.05, 0.1) is 0 Å². The van der Waals surface area contributed by atoms with Crippen LogP contribution in [0.25, 0.3) is 21.5 Å². The highest BCUT2D eigenvalue weighted by atomic mass is 14.1. The van der Waals surface area contributed by atoms with E-state index in [1.807, 2.05) is 27.7 Å². The predicted molar refractivity (Wildman–Crippen MR) is 146 cm³/mol. The van der Waals surface area contributed by atoms with E-state index in [1.165, 1.54) is 32.7 Å². The monoisotopic (exact) mass is 416 g/mol. The summed E-state index contributed by atoms with van der Waals surface area (Å²) in [6.07, 6.45) is 0. The van der Waals surface area contributed by atoms with Gasteiger partial charge in [-0.15, -0.1) is 0 Å². The Hall–Kier alpha value is -2.60. The largest absolute Gasteiger partial charge is 0.0776 e. The molecule has 168 valence electrons. The van der Waals surface area contributed by atoms with E-state index < -0.39 is 0 Å². The van der Waals surface area contributed by atoms with E-state index in [0.717, 1.165) is 0 Å². The first-order valence-electron chi connectivity index (χ1n) is 11.5. The van der Waals surface area contributed by atoms with Gasteiger partial charge >= 0.3 is 0 Å². The molecule has 4 aromatic rings. The van der Waals surface area contributed by atoms with Gasteiger partial charge < -0.3 is 0 Å². The molecule has 0 aliphatic carbocycles. The van der Waals surface area contributed by atoms with Gasteiger partial charge in [-0.3, -0.25) is 0 Å². The van der Waals surface area contributed by atoms with Crippen molar-refractivity contribution in [2.24, 2.45) is 0 Å². The second-order valence-electron chi connectivity index (χ2n) is 7.48. The van der Waals surface area contributed by atoms with Crippen molar-refractivity contribution >= 4 is 21.5 Å². The Balaban J connectivity index is 0.000000487. The summed E-state index contributed by atoms with van der Waals surface area (Å²) in [6.45, 7) is 16.9. The molecule has 0 aliphatic rings. The van der Waals surface area contributed by atoms with Gasteiger partial charge in [0.1, 0.15) is 0 Å². The lowest BCUT2D eigenvalue weighted by Gasteiger charge is -2.08. The quantitative estimate of drug-likeness (QED) is 0.305. The van der Waals surface area contributed by atoms with E-state index in [0.29, 0.717) is 11.8 Å². The highest BCUT2D eigenvalue weighted by Gasteiger charge is 2.02. The third-order valence-corrected chi connectivity index (χ3v) is 4.89. The third kappa shape index (κ3) is 8.21. The van der Waals surface area contributed by atoms with Crippen LogP contribution in [-0.2, 0) is 0 Å². The molecule has 0 aliphatic heterocycles. The fraction of sp³-hybridized carbons (Fsp3) is 0.355. The van der Waals surface area contributed by atoms with Crippen LogP contribution in [0.15, 0.2) is 84.9 Å². The topological polar surface area (TPSA) is 0 Å². The fourth-order valence-corrected chi connectivity index (χ4v) is 3.32. The molecule has 0 saturated carbocycles. The minimum absolute atomic E-state index is 0. The normalized spacial score (nSPS) is 9.61. The number of hydrogen-bond acceptors (Lipinski definition) is 0. The molecule has 0 fully saturated rings. The molecule has 0 N–H and O–H groups in total. The van der Waals surface area contributed by atoms with Crippen LogP contribution in [0.5, 0.6) is 0 Å². The van der Waals surface area contributed by atoms with E-state index >= 15 is 0 Å². The molecule has 0 heteroatoms. The standard InChI is InChI=1S/2C13H14.2C2H6.CH4/c1-10(2)12-9-5-7-11-6-3-4-8-13(11)12;1-10(2)12-8-7-11-5-3-4-6-13(11)9-12;2*1-2;/h2*3-10H,1-2H3;2*1-2H3;1H4. The van der Waals surface area contributed by atoms with Crippen molar-refractivity contribution in [2.45, 2.75) is 74.7 Å². The number of rotatable bonds is 2. The molecular formula is C31H44. The minimum Gasteiger partial charge on any atom is -0.0776 e. The number of hydrogen-bond donors (Lipinski definition) is 0. The molecular weight excluding hydrogens is 372 g/mol. The van der Waals surface area contributed by atoms with Crippen molar-refractivity contribution in [2.75, 3.05) is 0 Å². The predicted octanol–water partition coefficient (Wildman–Crippen LogP) is 10.6. The summed E-state index contributed by atoms with van der Waals surface area (Å²) >= 11 is 0. The molecule has 0 saturated heterocycles. The molecule has 0 amide bonds. The van der Waals surface area contributed by atoms with Gasteiger partial charge in [0.15, 0.2) is 0 Å². The molecule has 0 heterocycles. The second kappa shape index (κ2) is 15.2. The molecule has 0 unspecified atom stereocenters. The fourth-order valence-electron chi connectivity index (χ4n) is 3.32. The average molecular weight is 417 g/mol. The molecule has 4 rings (SSSR count). The summed E-state index contributed by atoms with van der Waals surface area (Å²) in [5.41, 5.74) is 2.86. The lowest BCUT2D eigenvalue weighted by atomic mass is 9.96. The van der Waals surface area contributed by atoms with Crippen molar-refractivity contribution in [3.63, 3.8) is 0 Å². The van der Waals surface area contributed by atoms with E-state index in [1.54, 1.807) is 0 Å². The van der Waals surface area contributed by atoms with E-state index in [9.17, 15) is 0 Å². The zero-order valence-corrected chi connectivity index (χ0v) is 20.2. The summed E-state index contributed by atoms with van der Waals surface area (Å²) in [5.74, 6) is 1.22. The molecule has 0 aromatic heterocycles. The van der Waals surface area contributed by atoms with Crippen molar-refractivity contribution in [3.05, 3.63) is 96.1 Å². The van der Waals surface area contributed by atoms with Crippen molar-refractivity contribution in [3.8, 4) is 0 Å². The van der Waals surface area contributed by atoms with Crippen LogP contribution < -0.4 is 0 Å². The van der Waals surface area contributed by atoms with E-state index in [2.05, 4.69) is 113 Å². The van der Waals surface area contributed by atoms with Crippen LogP contribution in [0, 0.1) is 0 Å². The minimum atomic E-state index is 0. The molecule has 0 spiro atoms. The summed E-state index contributed by atoms with van der Waals surface area (Å²) in [6, 6.07) is 30.3. The first-order chi connectivity index (χ1) is 14.6. The molecule has 0 bridgehead atoms. The Morgan fingerprint density at radius 1 is 0.484 bits per heavy atom. The van der Waals surface area contributed by atoms with Crippen LogP contribution in [0.1, 0.15) is 85.8 Å². The van der Waals surface area contributed by atoms with Gasteiger partial charge in [0.2, 0.25) is 0 Å². The highest BCUT2D eigenvalue weighted by molar-refractivity contribution is 5.86. The maximum atomic E-state index is 2.28. The smallest absolute Gasteiger partial charge is 0.0149 e. The summed E-state index contributed by atoms with van der Waals surface area (Å²) in [7, 11) is 0. The maximum absolute atomic E-state index is 2.28. The average Bonchev–Trinajstić information content (AvgIpc) is 2.81. The third-order valence-electron chi connectivity index (χ3n) is 4.89. The number of fused-ring (bicyclic) bond motifs is 2. The van der Waals surface area contributed by atoms with Gasteiger partial charge in [-0.25, -0.2) is 0 Å². The van der Waals surface area contributed by atoms with Crippen molar-refractivity contribution in [1.82, 2.24) is 0 Å². The van der Waals surface area contributed by atoms with E-state index in [-0.39, 0.29) is 7.43 Å². The first-order valence-corrected chi connectivity index (χ1v) is 11.5. The van der Waals surface area contributed by atoms with Crippen molar-refractivity contribution in [1.29, 1.82) is 0 Å². The van der Waals surface area contributed by atoms with Crippen LogP contribution in [0.4, 0.5) is 0 Å².